The maximum Gasteiger partial charge on any atom is 0.258 e. The number of amides is 1. The van der Waals surface area contributed by atoms with Crippen LogP contribution in [-0.2, 0) is 6.42 Å². The monoisotopic (exact) mass is 372 g/mol. The van der Waals surface area contributed by atoms with Crippen molar-refractivity contribution in [3.8, 4) is 0 Å². The predicted molar refractivity (Wildman–Crippen MR) is 95.4 cm³/mol. The van der Waals surface area contributed by atoms with Crippen molar-refractivity contribution in [1.29, 1.82) is 0 Å². The van der Waals surface area contributed by atoms with Crippen LogP contribution in [-0.4, -0.2) is 15.9 Å². The van der Waals surface area contributed by atoms with E-state index in [9.17, 15) is 18.0 Å². The Balaban J connectivity index is 1.69. The largest absolute Gasteiger partial charge is 0.322 e. The average Bonchev–Trinajstić information content (AvgIpc) is 2.69. The molecule has 0 aliphatic rings. The van der Waals surface area contributed by atoms with E-state index < -0.39 is 23.4 Å². The van der Waals surface area contributed by atoms with Gasteiger partial charge in [0.2, 0.25) is 5.95 Å². The first kappa shape index (κ1) is 18.4. The van der Waals surface area contributed by atoms with Crippen LogP contribution < -0.4 is 10.6 Å². The highest BCUT2D eigenvalue weighted by Gasteiger charge is 2.14. The fraction of sp³-hybridized carbons (Fsp3) is 0.105. The number of benzene rings is 2. The summed E-state index contributed by atoms with van der Waals surface area (Å²) in [5.74, 6) is -4.74. The van der Waals surface area contributed by atoms with Crippen molar-refractivity contribution in [1.82, 2.24) is 9.97 Å². The summed E-state index contributed by atoms with van der Waals surface area (Å²) in [6.45, 7) is 2.03. The van der Waals surface area contributed by atoms with Crippen molar-refractivity contribution in [2.75, 3.05) is 10.6 Å². The van der Waals surface area contributed by atoms with Crippen LogP contribution in [0.5, 0.6) is 0 Å². The Labute approximate surface area is 153 Å². The summed E-state index contributed by atoms with van der Waals surface area (Å²) in [6, 6.07) is 9.22. The SMILES string of the molecule is CCc1ccc(NC(=O)c2cnc(Nc3ccc(F)c(F)c3F)nc2)cc1. The lowest BCUT2D eigenvalue weighted by Crippen LogP contribution is -2.13. The van der Waals surface area contributed by atoms with Gasteiger partial charge in [-0.15, -0.1) is 0 Å². The summed E-state index contributed by atoms with van der Waals surface area (Å²) in [5, 5.41) is 5.14. The fourth-order valence-corrected chi connectivity index (χ4v) is 2.28. The summed E-state index contributed by atoms with van der Waals surface area (Å²) in [5.41, 5.74) is 1.65. The van der Waals surface area contributed by atoms with Crippen LogP contribution in [0.3, 0.4) is 0 Å². The van der Waals surface area contributed by atoms with Crippen LogP contribution in [0.15, 0.2) is 48.8 Å². The van der Waals surface area contributed by atoms with Gasteiger partial charge in [0.25, 0.3) is 5.91 Å². The summed E-state index contributed by atoms with van der Waals surface area (Å²) in [6.07, 6.45) is 3.38. The van der Waals surface area contributed by atoms with E-state index in [1.807, 2.05) is 19.1 Å². The van der Waals surface area contributed by atoms with Crippen LogP contribution in [0.25, 0.3) is 0 Å². The highest BCUT2D eigenvalue weighted by Crippen LogP contribution is 2.22. The van der Waals surface area contributed by atoms with Crippen LogP contribution in [0.2, 0.25) is 0 Å². The molecule has 1 heterocycles. The zero-order valence-electron chi connectivity index (χ0n) is 14.3. The minimum Gasteiger partial charge on any atom is -0.322 e. The first-order valence-electron chi connectivity index (χ1n) is 8.10. The molecule has 0 bridgehead atoms. The lowest BCUT2D eigenvalue weighted by Gasteiger charge is -2.08. The number of nitrogens with zero attached hydrogens (tertiary/aromatic N) is 2. The van der Waals surface area contributed by atoms with Gasteiger partial charge < -0.3 is 10.6 Å². The number of aromatic nitrogens is 2. The lowest BCUT2D eigenvalue weighted by atomic mass is 10.1. The number of halogens is 3. The first-order chi connectivity index (χ1) is 13.0. The highest BCUT2D eigenvalue weighted by molar-refractivity contribution is 6.03. The van der Waals surface area contributed by atoms with Crippen LogP contribution in [0.1, 0.15) is 22.8 Å². The van der Waals surface area contributed by atoms with E-state index in [-0.39, 0.29) is 17.2 Å². The highest BCUT2D eigenvalue weighted by atomic mass is 19.2. The molecule has 8 heteroatoms. The normalized spacial score (nSPS) is 10.5. The number of hydrogen-bond acceptors (Lipinski definition) is 4. The molecule has 138 valence electrons. The van der Waals surface area contributed by atoms with Crippen molar-refractivity contribution in [2.45, 2.75) is 13.3 Å². The maximum atomic E-state index is 13.7. The predicted octanol–water partition coefficient (Wildman–Crippen LogP) is 4.45. The minimum atomic E-state index is -1.59. The molecule has 0 unspecified atom stereocenters. The Bertz CT molecular complexity index is 960. The van der Waals surface area contributed by atoms with Crippen molar-refractivity contribution in [2.24, 2.45) is 0 Å². The Morgan fingerprint density at radius 1 is 0.963 bits per heavy atom. The molecule has 3 rings (SSSR count). The van der Waals surface area contributed by atoms with E-state index in [1.54, 1.807) is 12.1 Å². The third-order valence-corrected chi connectivity index (χ3v) is 3.82. The number of hydrogen-bond donors (Lipinski definition) is 2. The third-order valence-electron chi connectivity index (χ3n) is 3.82. The molecule has 0 spiro atoms. The quantitative estimate of drug-likeness (QED) is 0.650. The number of anilines is 3. The van der Waals surface area contributed by atoms with E-state index in [0.717, 1.165) is 24.1 Å². The molecule has 0 saturated heterocycles. The van der Waals surface area contributed by atoms with Crippen molar-refractivity contribution in [3.05, 3.63) is 77.4 Å². The second-order valence-electron chi connectivity index (χ2n) is 5.65. The minimum absolute atomic E-state index is 0.0660. The van der Waals surface area contributed by atoms with Gasteiger partial charge >= 0.3 is 0 Å². The molecule has 1 amide bonds. The second-order valence-corrected chi connectivity index (χ2v) is 5.65. The van der Waals surface area contributed by atoms with Gasteiger partial charge in [-0.25, -0.2) is 23.1 Å². The Morgan fingerprint density at radius 3 is 2.26 bits per heavy atom. The third kappa shape index (κ3) is 4.22. The molecule has 2 aromatic carbocycles. The average molecular weight is 372 g/mol. The number of rotatable bonds is 5. The Kier molecular flexibility index (Phi) is 5.35. The summed E-state index contributed by atoms with van der Waals surface area (Å²) >= 11 is 0. The number of carbonyl (C=O) groups is 1. The van der Waals surface area contributed by atoms with Crippen molar-refractivity contribution >= 4 is 23.2 Å². The van der Waals surface area contributed by atoms with E-state index in [0.29, 0.717) is 5.69 Å². The molecule has 27 heavy (non-hydrogen) atoms. The van der Waals surface area contributed by atoms with Crippen molar-refractivity contribution < 1.29 is 18.0 Å². The molecule has 0 saturated carbocycles. The van der Waals surface area contributed by atoms with Gasteiger partial charge in [0, 0.05) is 18.1 Å². The van der Waals surface area contributed by atoms with Gasteiger partial charge in [-0.3, -0.25) is 4.79 Å². The second kappa shape index (κ2) is 7.86. The van der Waals surface area contributed by atoms with Gasteiger partial charge in [0.1, 0.15) is 0 Å². The van der Waals surface area contributed by atoms with Gasteiger partial charge in [0.15, 0.2) is 17.5 Å². The number of nitrogens with one attached hydrogen (secondary N) is 2. The Morgan fingerprint density at radius 2 is 1.63 bits per heavy atom. The lowest BCUT2D eigenvalue weighted by molar-refractivity contribution is 0.102. The summed E-state index contributed by atoms with van der Waals surface area (Å²) < 4.78 is 39.8. The number of carbonyl (C=O) groups excluding carboxylic acids is 1. The van der Waals surface area contributed by atoms with Crippen LogP contribution >= 0.6 is 0 Å². The molecule has 0 aliphatic carbocycles. The molecule has 5 nitrogen and oxygen atoms in total. The molecule has 0 radical (unpaired) electrons. The topological polar surface area (TPSA) is 66.9 Å². The zero-order chi connectivity index (χ0) is 19.4. The first-order valence-corrected chi connectivity index (χ1v) is 8.10. The maximum absolute atomic E-state index is 13.7. The molecular formula is C19H15F3N4O. The standard InChI is InChI=1S/C19H15F3N4O/c1-2-11-3-5-13(6-4-11)25-18(27)12-9-23-19(24-10-12)26-15-8-7-14(20)16(21)17(15)22/h3-10H,2H2,1H3,(H,25,27)(H,23,24,26). The molecule has 0 aliphatic heterocycles. The van der Waals surface area contributed by atoms with E-state index in [1.165, 1.54) is 12.4 Å². The summed E-state index contributed by atoms with van der Waals surface area (Å²) in [4.78, 5) is 20.0. The van der Waals surface area contributed by atoms with Crippen LogP contribution in [0, 0.1) is 17.5 Å². The molecule has 3 aromatic rings. The van der Waals surface area contributed by atoms with Crippen LogP contribution in [0.4, 0.5) is 30.5 Å². The van der Waals surface area contributed by atoms with Gasteiger partial charge in [0.05, 0.1) is 11.3 Å². The molecule has 2 N–H and O–H groups in total. The van der Waals surface area contributed by atoms with E-state index in [2.05, 4.69) is 20.6 Å². The number of aryl methyl sites for hydroxylation is 1. The zero-order valence-corrected chi connectivity index (χ0v) is 14.3. The molecule has 1 aromatic heterocycles. The van der Waals surface area contributed by atoms with Gasteiger partial charge in [-0.05, 0) is 36.2 Å². The van der Waals surface area contributed by atoms with E-state index in [4.69, 9.17) is 0 Å². The molecule has 0 atom stereocenters. The smallest absolute Gasteiger partial charge is 0.258 e. The summed E-state index contributed by atoms with van der Waals surface area (Å²) in [7, 11) is 0. The fourth-order valence-electron chi connectivity index (χ4n) is 2.28. The van der Waals surface area contributed by atoms with Crippen molar-refractivity contribution in [3.63, 3.8) is 0 Å². The molecular weight excluding hydrogens is 357 g/mol. The Hall–Kier alpha value is -3.42. The van der Waals surface area contributed by atoms with E-state index >= 15 is 0 Å². The van der Waals surface area contributed by atoms with Gasteiger partial charge in [-0.2, -0.15) is 0 Å². The van der Waals surface area contributed by atoms with Gasteiger partial charge in [-0.1, -0.05) is 19.1 Å². The molecule has 0 fully saturated rings.